The Labute approximate surface area is 119 Å². The molecular weight excluding hydrogens is 252 g/mol. The molecule has 0 heterocycles. The molecule has 0 atom stereocenters. The maximum Gasteiger partial charge on any atom is 0.308 e. The van der Waals surface area contributed by atoms with E-state index in [0.717, 1.165) is 29.5 Å². The molecule has 3 heteroatoms. The predicted molar refractivity (Wildman–Crippen MR) is 80.3 cm³/mol. The summed E-state index contributed by atoms with van der Waals surface area (Å²) < 4.78 is 10.9. The molecule has 0 unspecified atom stereocenters. The van der Waals surface area contributed by atoms with E-state index >= 15 is 0 Å². The van der Waals surface area contributed by atoms with Crippen molar-refractivity contribution < 1.29 is 14.3 Å². The number of rotatable bonds is 6. The number of carbonyl (C=O) groups is 1. The first-order valence-electron chi connectivity index (χ1n) is 7.04. The zero-order valence-electron chi connectivity index (χ0n) is 12.0. The number of hydrogen-bond donors (Lipinski definition) is 0. The zero-order chi connectivity index (χ0) is 14.4. The Morgan fingerprint density at radius 2 is 2.00 bits per heavy atom. The highest BCUT2D eigenvalue weighted by Gasteiger charge is 2.05. The highest BCUT2D eigenvalue weighted by Crippen LogP contribution is 2.29. The van der Waals surface area contributed by atoms with E-state index in [2.05, 4.69) is 6.92 Å². The molecule has 0 aliphatic rings. The van der Waals surface area contributed by atoms with E-state index in [9.17, 15) is 4.79 Å². The van der Waals surface area contributed by atoms with Gasteiger partial charge >= 0.3 is 5.97 Å². The van der Waals surface area contributed by atoms with Crippen LogP contribution in [-0.4, -0.2) is 12.6 Å². The average Bonchev–Trinajstić information content (AvgIpc) is 2.42. The van der Waals surface area contributed by atoms with Gasteiger partial charge in [-0.25, -0.2) is 0 Å². The molecule has 0 saturated heterocycles. The molecule has 0 fully saturated rings. The quantitative estimate of drug-likeness (QED) is 0.446. The highest BCUT2D eigenvalue weighted by molar-refractivity contribution is 5.89. The number of ether oxygens (including phenoxy) is 2. The van der Waals surface area contributed by atoms with Crippen molar-refractivity contribution in [2.24, 2.45) is 0 Å². The van der Waals surface area contributed by atoms with Crippen LogP contribution in [0.25, 0.3) is 10.8 Å². The van der Waals surface area contributed by atoms with Crippen molar-refractivity contribution in [1.82, 2.24) is 0 Å². The fraction of sp³-hybridized carbons (Fsp3) is 0.353. The van der Waals surface area contributed by atoms with Crippen molar-refractivity contribution in [3.05, 3.63) is 36.4 Å². The average molecular weight is 272 g/mol. The van der Waals surface area contributed by atoms with E-state index in [0.29, 0.717) is 5.75 Å². The molecule has 0 aromatic heterocycles. The lowest BCUT2D eigenvalue weighted by Gasteiger charge is -2.10. The predicted octanol–water partition coefficient (Wildman–Crippen LogP) is 4.33. The van der Waals surface area contributed by atoms with E-state index in [4.69, 9.17) is 9.47 Å². The maximum absolute atomic E-state index is 11.0. The molecule has 0 aliphatic carbocycles. The molecule has 0 radical (unpaired) electrons. The van der Waals surface area contributed by atoms with Gasteiger partial charge in [-0.2, -0.15) is 0 Å². The summed E-state index contributed by atoms with van der Waals surface area (Å²) in [5, 5.41) is 2.05. The van der Waals surface area contributed by atoms with Gasteiger partial charge in [0.25, 0.3) is 0 Å². The van der Waals surface area contributed by atoms with Gasteiger partial charge in [-0.1, -0.05) is 31.9 Å². The van der Waals surface area contributed by atoms with E-state index in [1.807, 2.05) is 30.3 Å². The van der Waals surface area contributed by atoms with Crippen LogP contribution in [-0.2, 0) is 4.79 Å². The zero-order valence-corrected chi connectivity index (χ0v) is 12.0. The number of benzene rings is 2. The van der Waals surface area contributed by atoms with Gasteiger partial charge < -0.3 is 9.47 Å². The minimum atomic E-state index is -0.309. The maximum atomic E-state index is 11.0. The molecule has 0 saturated carbocycles. The lowest BCUT2D eigenvalue weighted by Crippen LogP contribution is -2.01. The fourth-order valence-corrected chi connectivity index (χ4v) is 2.12. The van der Waals surface area contributed by atoms with Crippen LogP contribution in [0.15, 0.2) is 36.4 Å². The summed E-state index contributed by atoms with van der Waals surface area (Å²) in [5.41, 5.74) is 0. The second kappa shape index (κ2) is 6.94. The van der Waals surface area contributed by atoms with Gasteiger partial charge in [0.15, 0.2) is 0 Å². The Balaban J connectivity index is 2.17. The summed E-state index contributed by atoms with van der Waals surface area (Å²) in [7, 11) is 0. The molecule has 0 aliphatic heterocycles. The summed E-state index contributed by atoms with van der Waals surface area (Å²) in [6.45, 7) is 4.31. The van der Waals surface area contributed by atoms with Crippen molar-refractivity contribution in [3.8, 4) is 11.5 Å². The summed E-state index contributed by atoms with van der Waals surface area (Å²) in [6.07, 6.45) is 3.43. The molecule has 2 aromatic rings. The third-order valence-corrected chi connectivity index (χ3v) is 3.08. The van der Waals surface area contributed by atoms with E-state index in [1.165, 1.54) is 19.8 Å². The van der Waals surface area contributed by atoms with Crippen molar-refractivity contribution in [3.63, 3.8) is 0 Å². The number of carbonyl (C=O) groups excluding carboxylic acids is 1. The monoisotopic (exact) mass is 272 g/mol. The Bertz CT molecular complexity index is 590. The van der Waals surface area contributed by atoms with Crippen LogP contribution in [0.2, 0.25) is 0 Å². The molecule has 0 N–H and O–H groups in total. The van der Waals surface area contributed by atoms with Crippen LogP contribution in [0.5, 0.6) is 11.5 Å². The topological polar surface area (TPSA) is 35.5 Å². The molecule has 20 heavy (non-hydrogen) atoms. The molecule has 2 rings (SSSR count). The van der Waals surface area contributed by atoms with Gasteiger partial charge in [-0.05, 0) is 36.1 Å². The number of fused-ring (bicyclic) bond motifs is 1. The first-order valence-corrected chi connectivity index (χ1v) is 7.04. The van der Waals surface area contributed by atoms with Crippen molar-refractivity contribution in [2.45, 2.75) is 33.1 Å². The van der Waals surface area contributed by atoms with Crippen molar-refractivity contribution in [1.29, 1.82) is 0 Å². The normalized spacial score (nSPS) is 10.5. The van der Waals surface area contributed by atoms with E-state index < -0.39 is 0 Å². The van der Waals surface area contributed by atoms with Gasteiger partial charge in [-0.3, -0.25) is 4.79 Å². The van der Waals surface area contributed by atoms with Crippen LogP contribution < -0.4 is 9.47 Å². The molecular formula is C17H20O3. The van der Waals surface area contributed by atoms with Gasteiger partial charge in [0, 0.05) is 12.3 Å². The van der Waals surface area contributed by atoms with Gasteiger partial charge in [0.05, 0.1) is 6.61 Å². The second-order valence-electron chi connectivity index (χ2n) is 4.79. The summed E-state index contributed by atoms with van der Waals surface area (Å²) >= 11 is 0. The van der Waals surface area contributed by atoms with Crippen LogP contribution in [0, 0.1) is 0 Å². The highest BCUT2D eigenvalue weighted by atomic mass is 16.5. The standard InChI is InChI=1S/C17H20O3/c1-3-4-5-11-19-17-8-6-7-14-12-15(20-13(2)18)9-10-16(14)17/h6-10,12H,3-5,11H2,1-2H3. The molecule has 0 bridgehead atoms. The first-order chi connectivity index (χ1) is 9.70. The number of hydrogen-bond acceptors (Lipinski definition) is 3. The minimum absolute atomic E-state index is 0.309. The van der Waals surface area contributed by atoms with Crippen LogP contribution in [0.3, 0.4) is 0 Å². The molecule has 0 amide bonds. The van der Waals surface area contributed by atoms with Crippen molar-refractivity contribution >= 4 is 16.7 Å². The molecule has 3 nitrogen and oxygen atoms in total. The molecule has 2 aromatic carbocycles. The first kappa shape index (κ1) is 14.4. The van der Waals surface area contributed by atoms with Crippen molar-refractivity contribution in [2.75, 3.05) is 6.61 Å². The molecule has 106 valence electrons. The van der Waals surface area contributed by atoms with Crippen LogP contribution in [0.1, 0.15) is 33.1 Å². The lowest BCUT2D eigenvalue weighted by atomic mass is 10.1. The smallest absolute Gasteiger partial charge is 0.308 e. The van der Waals surface area contributed by atoms with Gasteiger partial charge in [0.2, 0.25) is 0 Å². The largest absolute Gasteiger partial charge is 0.493 e. The fourth-order valence-electron chi connectivity index (χ4n) is 2.12. The SMILES string of the molecule is CCCCCOc1cccc2cc(OC(C)=O)ccc12. The second-order valence-corrected chi connectivity index (χ2v) is 4.79. The summed E-state index contributed by atoms with van der Waals surface area (Å²) in [5.74, 6) is 1.14. The van der Waals surface area contributed by atoms with E-state index in [-0.39, 0.29) is 5.97 Å². The minimum Gasteiger partial charge on any atom is -0.493 e. The third kappa shape index (κ3) is 3.73. The van der Waals surface area contributed by atoms with Crippen LogP contribution in [0.4, 0.5) is 0 Å². The lowest BCUT2D eigenvalue weighted by molar-refractivity contribution is -0.131. The van der Waals surface area contributed by atoms with Crippen LogP contribution >= 0.6 is 0 Å². The van der Waals surface area contributed by atoms with Gasteiger partial charge in [0.1, 0.15) is 11.5 Å². The number of unbranched alkanes of at least 4 members (excludes halogenated alkanes) is 2. The van der Waals surface area contributed by atoms with Gasteiger partial charge in [-0.15, -0.1) is 0 Å². The molecule has 0 spiro atoms. The third-order valence-electron chi connectivity index (χ3n) is 3.08. The summed E-state index contributed by atoms with van der Waals surface area (Å²) in [4.78, 5) is 11.0. The Kier molecular flexibility index (Phi) is 4.99. The Morgan fingerprint density at radius 3 is 2.75 bits per heavy atom. The summed E-state index contributed by atoms with van der Waals surface area (Å²) in [6, 6.07) is 11.5. The van der Waals surface area contributed by atoms with E-state index in [1.54, 1.807) is 6.07 Å². The Hall–Kier alpha value is -2.03. The number of esters is 1. The Morgan fingerprint density at radius 1 is 1.15 bits per heavy atom.